The van der Waals surface area contributed by atoms with E-state index in [0.717, 1.165) is 73.9 Å². The van der Waals surface area contributed by atoms with Crippen LogP contribution in [0.3, 0.4) is 0 Å². The zero-order valence-corrected chi connectivity index (χ0v) is 19.8. The van der Waals surface area contributed by atoms with Crippen molar-refractivity contribution in [1.29, 1.82) is 0 Å². The number of halogens is 2. The van der Waals surface area contributed by atoms with Crippen molar-refractivity contribution < 1.29 is 8.78 Å². The third-order valence-corrected chi connectivity index (χ3v) is 7.31. The van der Waals surface area contributed by atoms with Crippen LogP contribution in [0.15, 0.2) is 77.6 Å². The lowest BCUT2D eigenvalue weighted by Crippen LogP contribution is -2.37. The highest BCUT2D eigenvalue weighted by Crippen LogP contribution is 2.31. The van der Waals surface area contributed by atoms with Crippen molar-refractivity contribution in [2.75, 3.05) is 19.6 Å². The van der Waals surface area contributed by atoms with Crippen molar-refractivity contribution in [2.45, 2.75) is 44.1 Å². The lowest BCUT2D eigenvalue weighted by Gasteiger charge is -2.32. The van der Waals surface area contributed by atoms with Gasteiger partial charge >= 0.3 is 5.69 Å². The number of fused-ring (bicyclic) bond motifs is 1. The van der Waals surface area contributed by atoms with Gasteiger partial charge in [-0.2, -0.15) is 0 Å². The van der Waals surface area contributed by atoms with Gasteiger partial charge in [0.1, 0.15) is 11.6 Å². The molecule has 0 saturated carbocycles. The lowest BCUT2D eigenvalue weighted by molar-refractivity contribution is 0.183. The van der Waals surface area contributed by atoms with E-state index in [-0.39, 0.29) is 29.3 Å². The number of nitrogens with one attached hydrogen (secondary N) is 1. The van der Waals surface area contributed by atoms with Gasteiger partial charge in [0.2, 0.25) is 0 Å². The number of nitrogens with zero attached hydrogens (tertiary/aromatic N) is 2. The molecule has 1 saturated heterocycles. The fourth-order valence-electron chi connectivity index (χ4n) is 5.44. The third kappa shape index (κ3) is 5.38. The van der Waals surface area contributed by atoms with Gasteiger partial charge < -0.3 is 9.88 Å². The summed E-state index contributed by atoms with van der Waals surface area (Å²) in [6.45, 7) is 2.99. The number of H-pyrrole nitrogens is 1. The Hall–Kier alpha value is -3.25. The summed E-state index contributed by atoms with van der Waals surface area (Å²) in [5.41, 5.74) is 3.99. The Morgan fingerprint density at radius 1 is 0.829 bits per heavy atom. The number of aromatic amines is 1. The molecule has 4 nitrogen and oxygen atoms in total. The van der Waals surface area contributed by atoms with Crippen LogP contribution >= 0.6 is 0 Å². The molecule has 5 rings (SSSR count). The van der Waals surface area contributed by atoms with Gasteiger partial charge in [0, 0.05) is 25.0 Å². The quantitative estimate of drug-likeness (QED) is 0.306. The first-order chi connectivity index (χ1) is 17.1. The van der Waals surface area contributed by atoms with E-state index in [4.69, 9.17) is 0 Å². The van der Waals surface area contributed by atoms with E-state index in [1.54, 1.807) is 0 Å². The van der Waals surface area contributed by atoms with Crippen LogP contribution < -0.4 is 5.69 Å². The summed E-state index contributed by atoms with van der Waals surface area (Å²) in [5, 5.41) is 0. The maximum Gasteiger partial charge on any atom is 0.326 e. The maximum absolute atomic E-state index is 13.5. The van der Waals surface area contributed by atoms with Crippen LogP contribution in [-0.2, 0) is 0 Å². The summed E-state index contributed by atoms with van der Waals surface area (Å²) < 4.78 is 28.9. The smallest absolute Gasteiger partial charge is 0.306 e. The lowest BCUT2D eigenvalue weighted by atomic mass is 9.87. The van der Waals surface area contributed by atoms with E-state index in [9.17, 15) is 13.6 Å². The number of para-hydroxylation sites is 2. The second-order valence-corrected chi connectivity index (χ2v) is 9.54. The average molecular weight is 476 g/mol. The van der Waals surface area contributed by atoms with Gasteiger partial charge in [-0.25, -0.2) is 13.6 Å². The molecule has 0 aliphatic carbocycles. The Labute approximate surface area is 204 Å². The fraction of sp³-hybridized carbons (Fsp3) is 0.345. The Bertz CT molecular complexity index is 1260. The summed E-state index contributed by atoms with van der Waals surface area (Å²) in [6.07, 6.45) is 4.96. The average Bonchev–Trinajstić information content (AvgIpc) is 3.22. The van der Waals surface area contributed by atoms with E-state index >= 15 is 0 Å². The first-order valence-electron chi connectivity index (χ1n) is 12.5. The van der Waals surface area contributed by atoms with Crippen LogP contribution in [0.2, 0.25) is 0 Å². The molecule has 0 bridgehead atoms. The molecule has 1 fully saturated rings. The molecule has 1 aliphatic rings. The van der Waals surface area contributed by atoms with Crippen LogP contribution in [0.5, 0.6) is 0 Å². The van der Waals surface area contributed by atoms with Crippen molar-refractivity contribution in [3.8, 4) is 0 Å². The normalized spacial score (nSPS) is 15.3. The summed E-state index contributed by atoms with van der Waals surface area (Å²) in [7, 11) is 0. The second kappa shape index (κ2) is 10.6. The molecular weight excluding hydrogens is 444 g/mol. The molecule has 0 spiro atoms. The Kier molecular flexibility index (Phi) is 7.09. The van der Waals surface area contributed by atoms with Gasteiger partial charge in [0.15, 0.2) is 0 Å². The van der Waals surface area contributed by atoms with Crippen molar-refractivity contribution in [1.82, 2.24) is 14.5 Å². The molecule has 0 atom stereocenters. The van der Waals surface area contributed by atoms with Crippen LogP contribution in [-0.4, -0.2) is 34.1 Å². The SMILES string of the molecule is O=c1[nH]c2ccccc2n1C1CCN(CCCCC(c2ccc(F)cc2)c2ccc(F)cc2)CC1. The van der Waals surface area contributed by atoms with Gasteiger partial charge in [-0.3, -0.25) is 4.57 Å². The maximum atomic E-state index is 13.5. The van der Waals surface area contributed by atoms with Gasteiger partial charge in [-0.1, -0.05) is 42.8 Å². The summed E-state index contributed by atoms with van der Waals surface area (Å²) in [6, 6.07) is 21.4. The number of rotatable bonds is 8. The van der Waals surface area contributed by atoms with E-state index in [2.05, 4.69) is 9.88 Å². The number of piperidine rings is 1. The van der Waals surface area contributed by atoms with Crippen molar-refractivity contribution in [2.24, 2.45) is 0 Å². The predicted octanol–water partition coefficient (Wildman–Crippen LogP) is 6.25. The summed E-state index contributed by atoms with van der Waals surface area (Å²) in [5.74, 6) is -0.370. The number of imidazole rings is 1. The first kappa shape index (κ1) is 23.5. The van der Waals surface area contributed by atoms with E-state index in [1.165, 1.54) is 24.3 Å². The number of aromatic nitrogens is 2. The van der Waals surface area contributed by atoms with Crippen LogP contribution in [0.1, 0.15) is 55.2 Å². The highest BCUT2D eigenvalue weighted by atomic mass is 19.1. The number of benzene rings is 3. The minimum absolute atomic E-state index is 0.0164. The minimum atomic E-state index is -0.245. The predicted molar refractivity (Wildman–Crippen MR) is 136 cm³/mol. The monoisotopic (exact) mass is 475 g/mol. The van der Waals surface area contributed by atoms with Gasteiger partial charge in [0.25, 0.3) is 0 Å². The molecular formula is C29H31F2N3O. The minimum Gasteiger partial charge on any atom is -0.306 e. The molecule has 35 heavy (non-hydrogen) atoms. The number of likely N-dealkylation sites (tertiary alicyclic amines) is 1. The molecule has 1 aliphatic heterocycles. The molecule has 182 valence electrons. The first-order valence-corrected chi connectivity index (χ1v) is 12.5. The fourth-order valence-corrected chi connectivity index (χ4v) is 5.44. The molecule has 1 N–H and O–H groups in total. The number of hydrogen-bond donors (Lipinski definition) is 1. The van der Waals surface area contributed by atoms with Crippen molar-refractivity contribution in [3.05, 3.63) is 106 Å². The van der Waals surface area contributed by atoms with E-state index in [1.807, 2.05) is 53.1 Å². The number of unbranched alkanes of at least 4 members (excludes halogenated alkanes) is 1. The molecule has 1 aromatic heterocycles. The van der Waals surface area contributed by atoms with Crippen molar-refractivity contribution >= 4 is 11.0 Å². The Morgan fingerprint density at radius 3 is 2.06 bits per heavy atom. The van der Waals surface area contributed by atoms with Gasteiger partial charge in [0.05, 0.1) is 11.0 Å². The largest absolute Gasteiger partial charge is 0.326 e. The zero-order chi connectivity index (χ0) is 24.2. The molecule has 0 unspecified atom stereocenters. The Morgan fingerprint density at radius 2 is 1.43 bits per heavy atom. The molecule has 6 heteroatoms. The highest BCUT2D eigenvalue weighted by Gasteiger charge is 2.23. The second-order valence-electron chi connectivity index (χ2n) is 9.54. The molecule has 3 aromatic carbocycles. The molecule has 4 aromatic rings. The molecule has 2 heterocycles. The van der Waals surface area contributed by atoms with Crippen molar-refractivity contribution in [3.63, 3.8) is 0 Å². The third-order valence-electron chi connectivity index (χ3n) is 7.31. The van der Waals surface area contributed by atoms with Crippen LogP contribution in [0.4, 0.5) is 8.78 Å². The Balaban J connectivity index is 1.15. The van der Waals surface area contributed by atoms with Gasteiger partial charge in [-0.15, -0.1) is 0 Å². The molecule has 0 radical (unpaired) electrons. The zero-order valence-electron chi connectivity index (χ0n) is 19.8. The topological polar surface area (TPSA) is 41.0 Å². The molecule has 0 amide bonds. The van der Waals surface area contributed by atoms with E-state index in [0.29, 0.717) is 0 Å². The number of hydrogen-bond acceptors (Lipinski definition) is 2. The van der Waals surface area contributed by atoms with Gasteiger partial charge in [-0.05, 0) is 79.8 Å². The van der Waals surface area contributed by atoms with E-state index < -0.39 is 0 Å². The summed E-state index contributed by atoms with van der Waals surface area (Å²) >= 11 is 0. The standard InChI is InChI=1S/C29H31F2N3O/c30-23-12-8-21(9-13-23)26(22-10-14-24(31)15-11-22)5-3-4-18-33-19-16-25(17-20-33)34-28-7-2-1-6-27(28)32-29(34)35/h1-2,6-15,25-26H,3-5,16-20H2,(H,32,35). The van der Waals surface area contributed by atoms with Crippen LogP contribution in [0.25, 0.3) is 11.0 Å². The summed E-state index contributed by atoms with van der Waals surface area (Å²) in [4.78, 5) is 18.0. The van der Waals surface area contributed by atoms with Crippen LogP contribution in [0, 0.1) is 11.6 Å². The highest BCUT2D eigenvalue weighted by molar-refractivity contribution is 5.75.